The second kappa shape index (κ2) is 6.02. The van der Waals surface area contributed by atoms with Crippen molar-refractivity contribution >= 4 is 17.5 Å². The van der Waals surface area contributed by atoms with Gasteiger partial charge in [-0.1, -0.05) is 25.4 Å². The van der Waals surface area contributed by atoms with Gasteiger partial charge >= 0.3 is 0 Å². The summed E-state index contributed by atoms with van der Waals surface area (Å²) in [7, 11) is 0. The molecule has 0 radical (unpaired) electrons. The minimum atomic E-state index is 0.353. The van der Waals surface area contributed by atoms with E-state index in [9.17, 15) is 5.26 Å². The Hall–Kier alpha value is -1.99. The van der Waals surface area contributed by atoms with Gasteiger partial charge in [-0.3, -0.25) is 0 Å². The molecule has 1 aliphatic rings. The fourth-order valence-corrected chi connectivity index (χ4v) is 3.27. The highest BCUT2D eigenvalue weighted by molar-refractivity contribution is 6.30. The average Bonchev–Trinajstić information content (AvgIpc) is 2.91. The second-order valence-electron chi connectivity index (χ2n) is 6.14. The Morgan fingerprint density at radius 1 is 1.23 bits per heavy atom. The van der Waals surface area contributed by atoms with Gasteiger partial charge in [-0.2, -0.15) is 10.2 Å². The monoisotopic (exact) mass is 315 g/mol. The summed E-state index contributed by atoms with van der Waals surface area (Å²) < 4.78 is 5.92. The minimum Gasteiger partial charge on any atom is -0.419 e. The smallest absolute Gasteiger partial charge is 0.235 e. The number of halogens is 1. The van der Waals surface area contributed by atoms with E-state index >= 15 is 0 Å². The first kappa shape index (κ1) is 14.9. The van der Waals surface area contributed by atoms with Crippen LogP contribution in [0.5, 0.6) is 0 Å². The summed E-state index contributed by atoms with van der Waals surface area (Å²) in [5.41, 5.74) is 1.18. The van der Waals surface area contributed by atoms with Crippen LogP contribution >= 0.6 is 11.6 Å². The largest absolute Gasteiger partial charge is 0.419 e. The zero-order valence-corrected chi connectivity index (χ0v) is 13.5. The Morgan fingerprint density at radius 2 is 1.86 bits per heavy atom. The lowest BCUT2D eigenvalue weighted by atomic mass is 9.92. The quantitative estimate of drug-likeness (QED) is 0.826. The summed E-state index contributed by atoms with van der Waals surface area (Å²) >= 11 is 5.91. The summed E-state index contributed by atoms with van der Waals surface area (Å²) in [6, 6.07) is 9.43. The number of aromatic nitrogens is 1. The molecule has 5 heteroatoms. The molecular weight excluding hydrogens is 298 g/mol. The molecule has 2 heterocycles. The molecule has 114 valence electrons. The lowest BCUT2D eigenvalue weighted by Crippen LogP contribution is -2.38. The maximum atomic E-state index is 9.36. The van der Waals surface area contributed by atoms with Crippen molar-refractivity contribution < 1.29 is 4.42 Å². The van der Waals surface area contributed by atoms with Crippen LogP contribution in [0.1, 0.15) is 26.0 Å². The molecule has 2 aromatic rings. The van der Waals surface area contributed by atoms with Crippen LogP contribution in [0, 0.1) is 23.2 Å². The molecule has 0 unspecified atom stereocenters. The molecule has 1 aliphatic heterocycles. The van der Waals surface area contributed by atoms with Crippen molar-refractivity contribution in [1.29, 1.82) is 5.26 Å². The average molecular weight is 316 g/mol. The third kappa shape index (κ3) is 2.95. The van der Waals surface area contributed by atoms with Crippen LogP contribution in [0.4, 0.5) is 5.88 Å². The number of hydrogen-bond donors (Lipinski definition) is 0. The molecule has 1 fully saturated rings. The van der Waals surface area contributed by atoms with Gasteiger partial charge in [-0.15, -0.1) is 0 Å². The number of rotatable bonds is 2. The summed E-state index contributed by atoms with van der Waals surface area (Å²) in [5, 5.41) is 10.0. The van der Waals surface area contributed by atoms with Crippen LogP contribution in [-0.2, 0) is 0 Å². The molecule has 0 spiro atoms. The third-order valence-electron chi connectivity index (χ3n) is 3.96. The van der Waals surface area contributed by atoms with Gasteiger partial charge in [-0.25, -0.2) is 0 Å². The van der Waals surface area contributed by atoms with E-state index in [0.29, 0.717) is 34.3 Å². The number of hydrogen-bond acceptors (Lipinski definition) is 4. The summed E-state index contributed by atoms with van der Waals surface area (Å²) in [4.78, 5) is 6.48. The molecule has 4 nitrogen and oxygen atoms in total. The molecule has 0 N–H and O–H groups in total. The van der Waals surface area contributed by atoms with Gasteiger partial charge in [-0.05, 0) is 42.5 Å². The number of piperidine rings is 1. The molecule has 22 heavy (non-hydrogen) atoms. The van der Waals surface area contributed by atoms with Gasteiger partial charge in [0.05, 0.1) is 0 Å². The van der Waals surface area contributed by atoms with Crippen LogP contribution in [0.2, 0.25) is 5.02 Å². The number of oxazole rings is 1. The molecular formula is C17H18ClN3O. The van der Waals surface area contributed by atoms with Crippen LogP contribution in [0.25, 0.3) is 11.5 Å². The van der Waals surface area contributed by atoms with Crippen molar-refractivity contribution in [3.05, 3.63) is 35.0 Å². The molecule has 3 rings (SSSR count). The number of benzene rings is 1. The van der Waals surface area contributed by atoms with E-state index in [1.807, 2.05) is 12.1 Å². The van der Waals surface area contributed by atoms with E-state index in [1.54, 1.807) is 12.1 Å². The summed E-state index contributed by atoms with van der Waals surface area (Å²) in [5.74, 6) is 2.22. The summed E-state index contributed by atoms with van der Waals surface area (Å²) in [6.45, 7) is 6.25. The fourth-order valence-electron chi connectivity index (χ4n) is 3.14. The highest BCUT2D eigenvalue weighted by Crippen LogP contribution is 2.32. The molecule has 2 atom stereocenters. The van der Waals surface area contributed by atoms with Gasteiger partial charge in [0.15, 0.2) is 0 Å². The van der Waals surface area contributed by atoms with Gasteiger partial charge in [0.25, 0.3) is 0 Å². The maximum Gasteiger partial charge on any atom is 0.235 e. The lowest BCUT2D eigenvalue weighted by Gasteiger charge is -2.34. The third-order valence-corrected chi connectivity index (χ3v) is 4.21. The van der Waals surface area contributed by atoms with Crippen molar-refractivity contribution in [2.24, 2.45) is 11.8 Å². The van der Waals surface area contributed by atoms with E-state index in [0.717, 1.165) is 18.7 Å². The van der Waals surface area contributed by atoms with Crippen LogP contribution in [0.3, 0.4) is 0 Å². The Kier molecular flexibility index (Phi) is 4.08. The number of nitrogens with zero attached hydrogens (tertiary/aromatic N) is 3. The zero-order chi connectivity index (χ0) is 15.7. The van der Waals surface area contributed by atoms with Crippen molar-refractivity contribution in [3.63, 3.8) is 0 Å². The Labute approximate surface area is 135 Å². The molecule has 0 bridgehead atoms. The highest BCUT2D eigenvalue weighted by Gasteiger charge is 2.27. The van der Waals surface area contributed by atoms with Crippen molar-refractivity contribution in [2.45, 2.75) is 20.3 Å². The Morgan fingerprint density at radius 3 is 2.45 bits per heavy atom. The molecule has 1 saturated heterocycles. The molecule has 1 aromatic carbocycles. The second-order valence-corrected chi connectivity index (χ2v) is 6.58. The van der Waals surface area contributed by atoms with E-state index in [1.165, 1.54) is 6.42 Å². The maximum absolute atomic E-state index is 9.36. The van der Waals surface area contributed by atoms with E-state index in [2.05, 4.69) is 29.8 Å². The Bertz CT molecular complexity index is 692. The van der Waals surface area contributed by atoms with Crippen molar-refractivity contribution in [2.75, 3.05) is 18.0 Å². The Balaban J connectivity index is 1.95. The number of nitriles is 1. The minimum absolute atomic E-state index is 0.353. The topological polar surface area (TPSA) is 53.1 Å². The first-order valence-corrected chi connectivity index (χ1v) is 7.86. The fraction of sp³-hybridized carbons (Fsp3) is 0.412. The van der Waals surface area contributed by atoms with Crippen LogP contribution in [0.15, 0.2) is 28.7 Å². The zero-order valence-electron chi connectivity index (χ0n) is 12.7. The normalized spacial score (nSPS) is 21.6. The molecule has 0 saturated carbocycles. The SMILES string of the molecule is C[C@@H]1C[C@H](C)CN(c2oc(-c3ccc(Cl)cc3)nc2C#N)C1. The first-order chi connectivity index (χ1) is 10.6. The van der Waals surface area contributed by atoms with Gasteiger partial charge in [0, 0.05) is 23.7 Å². The van der Waals surface area contributed by atoms with Crippen molar-refractivity contribution in [1.82, 2.24) is 4.98 Å². The molecule has 1 aromatic heterocycles. The summed E-state index contributed by atoms with van der Waals surface area (Å²) in [6.07, 6.45) is 1.20. The number of anilines is 1. The lowest BCUT2D eigenvalue weighted by molar-refractivity contribution is 0.344. The van der Waals surface area contributed by atoms with E-state index in [4.69, 9.17) is 16.0 Å². The van der Waals surface area contributed by atoms with E-state index < -0.39 is 0 Å². The van der Waals surface area contributed by atoms with Crippen LogP contribution in [-0.4, -0.2) is 18.1 Å². The molecule has 0 aliphatic carbocycles. The predicted molar refractivity (Wildman–Crippen MR) is 86.8 cm³/mol. The van der Waals surface area contributed by atoms with Gasteiger partial charge < -0.3 is 9.32 Å². The van der Waals surface area contributed by atoms with Gasteiger partial charge in [0.2, 0.25) is 17.5 Å². The first-order valence-electron chi connectivity index (χ1n) is 7.48. The van der Waals surface area contributed by atoms with Crippen molar-refractivity contribution in [3.8, 4) is 17.5 Å². The molecule has 0 amide bonds. The van der Waals surface area contributed by atoms with Crippen LogP contribution < -0.4 is 4.90 Å². The standard InChI is InChI=1S/C17H18ClN3O/c1-11-7-12(2)10-21(9-11)17-15(8-19)20-16(22-17)13-3-5-14(18)6-4-13/h3-6,11-12H,7,9-10H2,1-2H3/t11-,12+. The van der Waals surface area contributed by atoms with Gasteiger partial charge in [0.1, 0.15) is 6.07 Å². The highest BCUT2D eigenvalue weighted by atomic mass is 35.5. The predicted octanol–water partition coefficient (Wildman–Crippen LogP) is 4.35. The van der Waals surface area contributed by atoms with E-state index in [-0.39, 0.29) is 0 Å².